The summed E-state index contributed by atoms with van der Waals surface area (Å²) in [6.07, 6.45) is 1.85. The van der Waals surface area contributed by atoms with Crippen LogP contribution in [0.4, 0.5) is 4.39 Å². The van der Waals surface area contributed by atoms with Gasteiger partial charge >= 0.3 is 0 Å². The van der Waals surface area contributed by atoms with Crippen molar-refractivity contribution in [1.29, 1.82) is 0 Å². The molecular weight excluding hydrogens is 255 g/mol. The number of benzene rings is 1. The van der Waals surface area contributed by atoms with Crippen LogP contribution >= 0.6 is 0 Å². The van der Waals surface area contributed by atoms with Crippen LogP contribution in [0.25, 0.3) is 0 Å². The molecular formula is C12H17FN2O2S. The summed E-state index contributed by atoms with van der Waals surface area (Å²) < 4.78 is 39.6. The first-order valence-corrected chi connectivity index (χ1v) is 7.53. The van der Waals surface area contributed by atoms with Gasteiger partial charge in [0.25, 0.3) is 0 Å². The largest absolute Gasteiger partial charge is 0.316 e. The molecule has 2 N–H and O–H groups in total. The summed E-state index contributed by atoms with van der Waals surface area (Å²) in [6, 6.07) is 5.40. The molecule has 4 nitrogen and oxygen atoms in total. The zero-order chi connectivity index (χ0) is 13.0. The van der Waals surface area contributed by atoms with Crippen molar-refractivity contribution in [2.24, 2.45) is 5.92 Å². The van der Waals surface area contributed by atoms with Gasteiger partial charge in [0.05, 0.1) is 0 Å². The smallest absolute Gasteiger partial charge is 0.243 e. The van der Waals surface area contributed by atoms with Gasteiger partial charge in [0, 0.05) is 6.54 Å². The Balaban J connectivity index is 1.93. The molecule has 1 atom stereocenters. The van der Waals surface area contributed by atoms with E-state index in [2.05, 4.69) is 10.0 Å². The number of halogens is 1. The summed E-state index contributed by atoms with van der Waals surface area (Å²) in [6.45, 7) is 2.27. The lowest BCUT2D eigenvalue weighted by Crippen LogP contribution is -2.27. The van der Waals surface area contributed by atoms with Crippen LogP contribution in [0.5, 0.6) is 0 Å². The maximum absolute atomic E-state index is 13.4. The molecule has 0 saturated carbocycles. The van der Waals surface area contributed by atoms with Gasteiger partial charge in [-0.3, -0.25) is 0 Å². The molecule has 0 aromatic heterocycles. The van der Waals surface area contributed by atoms with Gasteiger partial charge in [-0.1, -0.05) is 12.1 Å². The van der Waals surface area contributed by atoms with Crippen molar-refractivity contribution < 1.29 is 12.8 Å². The Morgan fingerprint density at radius 3 is 2.83 bits per heavy atom. The SMILES string of the molecule is O=S(=O)(NCC[C@H]1CCNC1)c1ccccc1F. The van der Waals surface area contributed by atoms with Crippen molar-refractivity contribution in [3.63, 3.8) is 0 Å². The summed E-state index contributed by atoms with van der Waals surface area (Å²) >= 11 is 0. The molecule has 1 fully saturated rings. The summed E-state index contributed by atoms with van der Waals surface area (Å²) in [4.78, 5) is -0.283. The van der Waals surface area contributed by atoms with E-state index in [-0.39, 0.29) is 4.90 Å². The molecule has 0 spiro atoms. The quantitative estimate of drug-likeness (QED) is 0.844. The minimum Gasteiger partial charge on any atom is -0.316 e. The van der Waals surface area contributed by atoms with Crippen molar-refractivity contribution in [3.8, 4) is 0 Å². The van der Waals surface area contributed by atoms with E-state index < -0.39 is 15.8 Å². The van der Waals surface area contributed by atoms with Gasteiger partial charge in [0.15, 0.2) is 0 Å². The lowest BCUT2D eigenvalue weighted by Gasteiger charge is -2.10. The van der Waals surface area contributed by atoms with E-state index in [1.807, 2.05) is 0 Å². The zero-order valence-electron chi connectivity index (χ0n) is 10.0. The predicted molar refractivity (Wildman–Crippen MR) is 67.2 cm³/mol. The Kier molecular flexibility index (Phi) is 4.31. The van der Waals surface area contributed by atoms with E-state index in [0.717, 1.165) is 32.0 Å². The third-order valence-corrected chi connectivity index (χ3v) is 4.63. The van der Waals surface area contributed by atoms with Crippen LogP contribution in [-0.2, 0) is 10.0 Å². The van der Waals surface area contributed by atoms with Crippen LogP contribution in [0, 0.1) is 11.7 Å². The Hall–Kier alpha value is -0.980. The molecule has 0 aliphatic carbocycles. The van der Waals surface area contributed by atoms with E-state index in [0.29, 0.717) is 12.5 Å². The predicted octanol–water partition coefficient (Wildman–Crippen LogP) is 1.10. The first kappa shape index (κ1) is 13.5. The Bertz CT molecular complexity index is 499. The van der Waals surface area contributed by atoms with Crippen molar-refractivity contribution in [2.45, 2.75) is 17.7 Å². The first-order valence-electron chi connectivity index (χ1n) is 6.04. The maximum Gasteiger partial charge on any atom is 0.243 e. The highest BCUT2D eigenvalue weighted by Gasteiger charge is 2.19. The van der Waals surface area contributed by atoms with Crippen LogP contribution < -0.4 is 10.0 Å². The molecule has 100 valence electrons. The topological polar surface area (TPSA) is 58.2 Å². The molecule has 2 rings (SSSR count). The molecule has 18 heavy (non-hydrogen) atoms. The van der Waals surface area contributed by atoms with E-state index in [4.69, 9.17) is 0 Å². The third kappa shape index (κ3) is 3.28. The van der Waals surface area contributed by atoms with E-state index in [1.54, 1.807) is 0 Å². The fourth-order valence-electron chi connectivity index (χ4n) is 2.10. The summed E-state index contributed by atoms with van der Waals surface area (Å²) in [5.41, 5.74) is 0. The summed E-state index contributed by atoms with van der Waals surface area (Å²) in [5.74, 6) is -0.208. The normalized spacial score (nSPS) is 20.2. The Morgan fingerprint density at radius 2 is 2.17 bits per heavy atom. The van der Waals surface area contributed by atoms with Gasteiger partial charge in [-0.2, -0.15) is 0 Å². The highest BCUT2D eigenvalue weighted by molar-refractivity contribution is 7.89. The lowest BCUT2D eigenvalue weighted by molar-refractivity contribution is 0.515. The fourth-order valence-corrected chi connectivity index (χ4v) is 3.22. The van der Waals surface area contributed by atoms with Crippen molar-refractivity contribution >= 4 is 10.0 Å². The lowest BCUT2D eigenvalue weighted by atomic mass is 10.1. The van der Waals surface area contributed by atoms with E-state index in [1.165, 1.54) is 18.2 Å². The van der Waals surface area contributed by atoms with Gasteiger partial charge in [-0.05, 0) is 44.0 Å². The van der Waals surface area contributed by atoms with Crippen molar-refractivity contribution in [1.82, 2.24) is 10.0 Å². The van der Waals surface area contributed by atoms with Gasteiger partial charge in [0.2, 0.25) is 10.0 Å². The molecule has 0 amide bonds. The number of hydrogen-bond donors (Lipinski definition) is 2. The number of nitrogens with one attached hydrogen (secondary N) is 2. The van der Waals surface area contributed by atoms with Gasteiger partial charge in [-0.25, -0.2) is 17.5 Å². The molecule has 1 aromatic carbocycles. The average molecular weight is 272 g/mol. The fraction of sp³-hybridized carbons (Fsp3) is 0.500. The summed E-state index contributed by atoms with van der Waals surface area (Å²) in [7, 11) is -3.73. The minimum absolute atomic E-state index is 0.283. The standard InChI is InChI=1S/C12H17FN2O2S/c13-11-3-1-2-4-12(11)18(16,17)15-8-6-10-5-7-14-9-10/h1-4,10,14-15H,5-9H2/t10-/m1/s1. The van der Waals surface area contributed by atoms with Crippen LogP contribution in [0.3, 0.4) is 0 Å². The minimum atomic E-state index is -3.73. The van der Waals surface area contributed by atoms with Crippen LogP contribution in [-0.4, -0.2) is 28.1 Å². The van der Waals surface area contributed by atoms with Crippen LogP contribution in [0.2, 0.25) is 0 Å². The third-order valence-electron chi connectivity index (χ3n) is 3.13. The molecule has 1 heterocycles. The zero-order valence-corrected chi connectivity index (χ0v) is 10.8. The van der Waals surface area contributed by atoms with E-state index in [9.17, 15) is 12.8 Å². The van der Waals surface area contributed by atoms with Gasteiger partial charge in [0.1, 0.15) is 10.7 Å². The van der Waals surface area contributed by atoms with Gasteiger partial charge < -0.3 is 5.32 Å². The highest BCUT2D eigenvalue weighted by atomic mass is 32.2. The second-order valence-corrected chi connectivity index (χ2v) is 6.21. The average Bonchev–Trinajstić information content (AvgIpc) is 2.82. The molecule has 0 unspecified atom stereocenters. The summed E-state index contributed by atoms with van der Waals surface area (Å²) in [5, 5.41) is 3.22. The molecule has 1 aromatic rings. The van der Waals surface area contributed by atoms with E-state index >= 15 is 0 Å². The van der Waals surface area contributed by atoms with Crippen LogP contribution in [0.1, 0.15) is 12.8 Å². The number of rotatable bonds is 5. The molecule has 1 saturated heterocycles. The maximum atomic E-state index is 13.4. The molecule has 1 aliphatic rings. The second-order valence-electron chi connectivity index (χ2n) is 4.48. The molecule has 0 bridgehead atoms. The van der Waals surface area contributed by atoms with Crippen LogP contribution in [0.15, 0.2) is 29.2 Å². The Labute approximate surface area is 107 Å². The Morgan fingerprint density at radius 1 is 1.39 bits per heavy atom. The number of hydrogen-bond acceptors (Lipinski definition) is 3. The van der Waals surface area contributed by atoms with Crippen molar-refractivity contribution in [2.75, 3.05) is 19.6 Å². The number of sulfonamides is 1. The molecule has 6 heteroatoms. The second kappa shape index (κ2) is 5.77. The first-order chi connectivity index (χ1) is 8.59. The molecule has 0 radical (unpaired) electrons. The highest BCUT2D eigenvalue weighted by Crippen LogP contribution is 2.14. The monoisotopic (exact) mass is 272 g/mol. The molecule has 1 aliphatic heterocycles. The van der Waals surface area contributed by atoms with Crippen molar-refractivity contribution in [3.05, 3.63) is 30.1 Å². The van der Waals surface area contributed by atoms with Gasteiger partial charge in [-0.15, -0.1) is 0 Å².